The zero-order chi connectivity index (χ0) is 13.6. The van der Waals surface area contributed by atoms with Gasteiger partial charge in [0.15, 0.2) is 0 Å². The lowest BCUT2D eigenvalue weighted by Crippen LogP contribution is -2.26. The molecular weight excluding hydrogens is 236 g/mol. The molecule has 0 saturated heterocycles. The van der Waals surface area contributed by atoms with Gasteiger partial charge in [-0.3, -0.25) is 4.98 Å². The van der Waals surface area contributed by atoms with E-state index in [0.717, 1.165) is 24.1 Å². The highest BCUT2D eigenvalue weighted by atomic mass is 16.3. The number of hydrogen-bond acceptors (Lipinski definition) is 2. The van der Waals surface area contributed by atoms with Crippen LogP contribution in [-0.2, 0) is 6.42 Å². The van der Waals surface area contributed by atoms with Crippen LogP contribution >= 0.6 is 0 Å². The third-order valence-electron chi connectivity index (χ3n) is 3.99. The maximum Gasteiger partial charge on any atom is 0.0812 e. The summed E-state index contributed by atoms with van der Waals surface area (Å²) < 4.78 is 2.25. The molecule has 0 aliphatic heterocycles. The second kappa shape index (κ2) is 4.20. The smallest absolute Gasteiger partial charge is 0.0812 e. The largest absolute Gasteiger partial charge is 0.388 e. The van der Waals surface area contributed by atoms with Crippen molar-refractivity contribution in [2.75, 3.05) is 0 Å². The van der Waals surface area contributed by atoms with Crippen LogP contribution in [-0.4, -0.2) is 14.7 Å². The van der Waals surface area contributed by atoms with Gasteiger partial charge < -0.3 is 9.67 Å². The summed E-state index contributed by atoms with van der Waals surface area (Å²) in [4.78, 5) is 4.08. The van der Waals surface area contributed by atoms with Crippen LogP contribution in [0.15, 0.2) is 30.6 Å². The first-order valence-corrected chi connectivity index (χ1v) is 6.77. The highest BCUT2D eigenvalue weighted by Gasteiger charge is 2.34. The van der Waals surface area contributed by atoms with Crippen LogP contribution in [0, 0.1) is 12.3 Å². The number of hydrogen-bond donors (Lipinski definition) is 1. The Kier molecular flexibility index (Phi) is 2.75. The number of rotatable bonds is 1. The molecule has 3 rings (SSSR count). The van der Waals surface area contributed by atoms with Gasteiger partial charge >= 0.3 is 0 Å². The number of aliphatic hydroxyl groups excluding tert-OH is 1. The minimum Gasteiger partial charge on any atom is -0.388 e. The van der Waals surface area contributed by atoms with Crippen molar-refractivity contribution in [1.82, 2.24) is 9.55 Å². The topological polar surface area (TPSA) is 38.0 Å². The van der Waals surface area contributed by atoms with Crippen molar-refractivity contribution in [3.63, 3.8) is 0 Å². The minimum absolute atomic E-state index is 0.141. The molecule has 2 aromatic rings. The van der Waals surface area contributed by atoms with Gasteiger partial charge in [0.2, 0.25) is 0 Å². The Morgan fingerprint density at radius 3 is 2.68 bits per heavy atom. The number of fused-ring (bicyclic) bond motifs is 1. The molecule has 0 bridgehead atoms. The Hall–Kier alpha value is -1.61. The highest BCUT2D eigenvalue weighted by molar-refractivity contribution is 5.43. The normalized spacial score (nSPS) is 21.2. The van der Waals surface area contributed by atoms with Crippen molar-refractivity contribution < 1.29 is 5.11 Å². The standard InChI is InChI=1S/C16H20N2O/c1-11-8-13-14(9-16(2,3)10-15(13)19)18(11)12-4-6-17-7-5-12/h4-8,15,19H,9-10H2,1-3H3. The van der Waals surface area contributed by atoms with Crippen molar-refractivity contribution in [1.29, 1.82) is 0 Å². The van der Waals surface area contributed by atoms with Gasteiger partial charge in [0.05, 0.1) is 6.10 Å². The third kappa shape index (κ3) is 2.08. The molecule has 1 N–H and O–H groups in total. The Morgan fingerprint density at radius 2 is 2.00 bits per heavy atom. The molecule has 2 heterocycles. The number of aromatic nitrogens is 2. The fraction of sp³-hybridized carbons (Fsp3) is 0.438. The van der Waals surface area contributed by atoms with Crippen molar-refractivity contribution in [3.05, 3.63) is 47.5 Å². The summed E-state index contributed by atoms with van der Waals surface area (Å²) in [5, 5.41) is 10.4. The first kappa shape index (κ1) is 12.4. The van der Waals surface area contributed by atoms with E-state index in [-0.39, 0.29) is 11.5 Å². The molecule has 0 fully saturated rings. The van der Waals surface area contributed by atoms with Crippen molar-refractivity contribution in [3.8, 4) is 5.69 Å². The average Bonchev–Trinajstić information content (AvgIpc) is 2.65. The summed E-state index contributed by atoms with van der Waals surface area (Å²) in [7, 11) is 0. The summed E-state index contributed by atoms with van der Waals surface area (Å²) >= 11 is 0. The summed E-state index contributed by atoms with van der Waals surface area (Å²) in [5.41, 5.74) is 4.77. The first-order valence-electron chi connectivity index (χ1n) is 6.77. The Bertz CT molecular complexity index is 599. The van der Waals surface area contributed by atoms with Crippen LogP contribution in [0.5, 0.6) is 0 Å². The van der Waals surface area contributed by atoms with Gasteiger partial charge in [-0.05, 0) is 43.4 Å². The molecule has 1 aliphatic rings. The van der Waals surface area contributed by atoms with Gasteiger partial charge in [0.25, 0.3) is 0 Å². The van der Waals surface area contributed by atoms with E-state index in [0.29, 0.717) is 0 Å². The molecule has 3 heteroatoms. The van der Waals surface area contributed by atoms with E-state index in [9.17, 15) is 5.11 Å². The van der Waals surface area contributed by atoms with E-state index < -0.39 is 0 Å². The fourth-order valence-electron chi connectivity index (χ4n) is 3.20. The van der Waals surface area contributed by atoms with E-state index in [1.807, 2.05) is 24.5 Å². The maximum atomic E-state index is 10.4. The lowest BCUT2D eigenvalue weighted by Gasteiger charge is -2.34. The molecule has 1 unspecified atom stereocenters. The van der Waals surface area contributed by atoms with Crippen molar-refractivity contribution in [2.24, 2.45) is 5.41 Å². The van der Waals surface area contributed by atoms with Gasteiger partial charge in [0, 0.05) is 35.0 Å². The molecule has 0 spiro atoms. The SMILES string of the molecule is Cc1cc2c(n1-c1ccncc1)CC(C)(C)CC2O. The van der Waals surface area contributed by atoms with Gasteiger partial charge in [-0.25, -0.2) is 0 Å². The molecule has 1 aliphatic carbocycles. The van der Waals surface area contributed by atoms with E-state index >= 15 is 0 Å². The predicted octanol–water partition coefficient (Wildman–Crippen LogP) is 3.19. The molecule has 3 nitrogen and oxygen atoms in total. The number of aliphatic hydroxyl groups is 1. The lowest BCUT2D eigenvalue weighted by molar-refractivity contribution is 0.0987. The van der Waals surface area contributed by atoms with Crippen LogP contribution in [0.1, 0.15) is 43.3 Å². The molecule has 0 amide bonds. The first-order chi connectivity index (χ1) is 8.98. The van der Waals surface area contributed by atoms with Crippen molar-refractivity contribution in [2.45, 2.75) is 39.7 Å². The molecular formula is C16H20N2O. The second-order valence-electron chi connectivity index (χ2n) is 6.29. The predicted molar refractivity (Wildman–Crippen MR) is 75.4 cm³/mol. The molecule has 0 radical (unpaired) electrons. The Balaban J connectivity index is 2.18. The molecule has 2 aromatic heterocycles. The van der Waals surface area contributed by atoms with Crippen LogP contribution in [0.25, 0.3) is 5.69 Å². The molecule has 0 aromatic carbocycles. The highest BCUT2D eigenvalue weighted by Crippen LogP contribution is 2.42. The zero-order valence-electron chi connectivity index (χ0n) is 11.7. The van der Waals surface area contributed by atoms with Crippen LogP contribution in [0.2, 0.25) is 0 Å². The van der Waals surface area contributed by atoms with Crippen LogP contribution in [0.3, 0.4) is 0 Å². The summed E-state index contributed by atoms with van der Waals surface area (Å²) in [6.45, 7) is 6.54. The monoisotopic (exact) mass is 256 g/mol. The summed E-state index contributed by atoms with van der Waals surface area (Å²) in [5.74, 6) is 0. The maximum absolute atomic E-state index is 10.4. The van der Waals surface area contributed by atoms with Gasteiger partial charge in [0.1, 0.15) is 0 Å². The van der Waals surface area contributed by atoms with E-state index in [2.05, 4.69) is 36.4 Å². The average molecular weight is 256 g/mol. The minimum atomic E-state index is -0.347. The quantitative estimate of drug-likeness (QED) is 0.851. The number of nitrogens with zero attached hydrogens (tertiary/aromatic N) is 2. The van der Waals surface area contributed by atoms with Crippen LogP contribution < -0.4 is 0 Å². The van der Waals surface area contributed by atoms with E-state index in [4.69, 9.17) is 0 Å². The van der Waals surface area contributed by atoms with Crippen LogP contribution in [0.4, 0.5) is 0 Å². The van der Waals surface area contributed by atoms with Gasteiger partial charge in [-0.1, -0.05) is 13.8 Å². The van der Waals surface area contributed by atoms with E-state index in [1.54, 1.807) is 0 Å². The number of aryl methyl sites for hydroxylation is 1. The summed E-state index contributed by atoms with van der Waals surface area (Å²) in [6.07, 6.45) is 5.10. The Labute approximate surface area is 113 Å². The van der Waals surface area contributed by atoms with E-state index in [1.165, 1.54) is 11.4 Å². The fourth-order valence-corrected chi connectivity index (χ4v) is 3.20. The third-order valence-corrected chi connectivity index (χ3v) is 3.99. The molecule has 1 atom stereocenters. The van der Waals surface area contributed by atoms with Gasteiger partial charge in [-0.15, -0.1) is 0 Å². The lowest BCUT2D eigenvalue weighted by atomic mass is 9.75. The Morgan fingerprint density at radius 1 is 1.32 bits per heavy atom. The molecule has 0 saturated carbocycles. The van der Waals surface area contributed by atoms with Gasteiger partial charge in [-0.2, -0.15) is 0 Å². The molecule has 19 heavy (non-hydrogen) atoms. The van der Waals surface area contributed by atoms with Crippen molar-refractivity contribution >= 4 is 0 Å². The summed E-state index contributed by atoms with van der Waals surface area (Å²) in [6, 6.07) is 6.15. The molecule has 100 valence electrons. The second-order valence-corrected chi connectivity index (χ2v) is 6.29. The number of pyridine rings is 1. The zero-order valence-corrected chi connectivity index (χ0v) is 11.7.